The normalized spacial score (nSPS) is 12.6. The average molecular weight is 542 g/mol. The van der Waals surface area contributed by atoms with Crippen molar-refractivity contribution < 1.29 is 18.0 Å². The van der Waals surface area contributed by atoms with E-state index in [-0.39, 0.29) is 37.5 Å². The van der Waals surface area contributed by atoms with E-state index in [2.05, 4.69) is 0 Å². The van der Waals surface area contributed by atoms with Crippen LogP contribution in [0.1, 0.15) is 28.5 Å². The van der Waals surface area contributed by atoms with Crippen molar-refractivity contribution in [1.82, 2.24) is 14.6 Å². The van der Waals surface area contributed by atoms with E-state index in [0.29, 0.717) is 35.3 Å². The molecule has 7 nitrogen and oxygen atoms in total. The Morgan fingerprint density at radius 2 is 1.72 bits per heavy atom. The third-order valence-electron chi connectivity index (χ3n) is 5.79. The molecule has 3 aromatic rings. The number of hydrogen-bond donors (Lipinski definition) is 0. The SMILES string of the molecule is CCN(c1ccc(Cl)cc1)c1nc2c(c(=O)n1N(C)C)CN(C(=O)c1c(F)cc(F)cc1F)CC2.Cl. The van der Waals surface area contributed by atoms with Crippen LogP contribution in [0.15, 0.2) is 41.2 Å². The van der Waals surface area contributed by atoms with E-state index in [0.717, 1.165) is 5.69 Å². The monoisotopic (exact) mass is 541 g/mol. The second-order valence-electron chi connectivity index (χ2n) is 8.24. The highest BCUT2D eigenvalue weighted by atomic mass is 35.5. The second kappa shape index (κ2) is 10.8. The number of fused-ring (bicyclic) bond motifs is 1. The number of hydrogen-bond acceptors (Lipinski definition) is 5. The summed E-state index contributed by atoms with van der Waals surface area (Å²) in [6.45, 7) is 2.34. The summed E-state index contributed by atoms with van der Waals surface area (Å²) in [5, 5.41) is 2.15. The summed E-state index contributed by atoms with van der Waals surface area (Å²) in [7, 11) is 3.37. The van der Waals surface area contributed by atoms with E-state index in [1.807, 2.05) is 24.0 Å². The minimum absolute atomic E-state index is 0. The van der Waals surface area contributed by atoms with Crippen molar-refractivity contribution in [3.8, 4) is 0 Å². The van der Waals surface area contributed by atoms with Gasteiger partial charge in [0.25, 0.3) is 11.5 Å². The van der Waals surface area contributed by atoms with Gasteiger partial charge in [0.1, 0.15) is 23.0 Å². The maximum absolute atomic E-state index is 14.2. The van der Waals surface area contributed by atoms with Gasteiger partial charge < -0.3 is 14.8 Å². The van der Waals surface area contributed by atoms with Crippen LogP contribution in [-0.4, -0.2) is 47.7 Å². The van der Waals surface area contributed by atoms with Crippen LogP contribution < -0.4 is 15.5 Å². The summed E-state index contributed by atoms with van der Waals surface area (Å²) in [6, 6.07) is 8.04. The molecular weight excluding hydrogens is 518 g/mol. The first kappa shape index (κ1) is 27.3. The molecule has 36 heavy (non-hydrogen) atoms. The Morgan fingerprint density at radius 1 is 1.11 bits per heavy atom. The van der Waals surface area contributed by atoms with E-state index < -0.39 is 34.5 Å². The lowest BCUT2D eigenvalue weighted by atomic mass is 10.0. The van der Waals surface area contributed by atoms with Crippen molar-refractivity contribution in [2.24, 2.45) is 0 Å². The molecule has 192 valence electrons. The van der Waals surface area contributed by atoms with Crippen LogP contribution >= 0.6 is 24.0 Å². The molecule has 1 aliphatic rings. The molecule has 0 radical (unpaired) electrons. The fraction of sp³-hybridized carbons (Fsp3) is 0.292. The highest BCUT2D eigenvalue weighted by Gasteiger charge is 2.31. The van der Waals surface area contributed by atoms with Crippen LogP contribution in [0.2, 0.25) is 5.02 Å². The van der Waals surface area contributed by atoms with Crippen LogP contribution in [0.5, 0.6) is 0 Å². The number of amides is 1. The van der Waals surface area contributed by atoms with Crippen molar-refractivity contribution in [3.05, 3.63) is 86.0 Å². The van der Waals surface area contributed by atoms with Crippen LogP contribution in [-0.2, 0) is 13.0 Å². The molecule has 0 unspecified atom stereocenters. The fourth-order valence-electron chi connectivity index (χ4n) is 4.13. The topological polar surface area (TPSA) is 61.7 Å². The maximum atomic E-state index is 14.2. The summed E-state index contributed by atoms with van der Waals surface area (Å²) in [5.41, 5.74) is 0.276. The van der Waals surface area contributed by atoms with Crippen molar-refractivity contribution in [3.63, 3.8) is 0 Å². The number of anilines is 2. The Labute approximate surface area is 217 Å². The molecule has 0 atom stereocenters. The predicted molar refractivity (Wildman–Crippen MR) is 135 cm³/mol. The molecule has 1 aliphatic heterocycles. The number of halogens is 5. The average Bonchev–Trinajstić information content (AvgIpc) is 2.79. The number of carbonyl (C=O) groups is 1. The van der Waals surface area contributed by atoms with Gasteiger partial charge in [-0.05, 0) is 31.2 Å². The van der Waals surface area contributed by atoms with E-state index in [4.69, 9.17) is 16.6 Å². The van der Waals surface area contributed by atoms with Gasteiger partial charge in [-0.3, -0.25) is 9.59 Å². The van der Waals surface area contributed by atoms with Gasteiger partial charge in [0.05, 0.1) is 17.8 Å². The maximum Gasteiger partial charge on any atom is 0.279 e. The third kappa shape index (κ3) is 5.01. The van der Waals surface area contributed by atoms with Gasteiger partial charge in [-0.1, -0.05) is 11.6 Å². The van der Waals surface area contributed by atoms with Crippen LogP contribution in [0.25, 0.3) is 0 Å². The van der Waals surface area contributed by atoms with Crippen molar-refractivity contribution >= 4 is 41.6 Å². The van der Waals surface area contributed by atoms with E-state index in [1.54, 1.807) is 31.2 Å². The zero-order valence-electron chi connectivity index (χ0n) is 19.8. The smallest absolute Gasteiger partial charge is 0.279 e. The Morgan fingerprint density at radius 3 is 2.28 bits per heavy atom. The largest absolute Gasteiger partial charge is 0.333 e. The molecule has 1 aromatic heterocycles. The summed E-state index contributed by atoms with van der Waals surface area (Å²) < 4.78 is 43.1. The Bertz CT molecular complexity index is 1330. The quantitative estimate of drug-likeness (QED) is 0.482. The van der Waals surface area contributed by atoms with Gasteiger partial charge in [0.15, 0.2) is 0 Å². The first-order valence-corrected chi connectivity index (χ1v) is 11.3. The van der Waals surface area contributed by atoms with Gasteiger partial charge in [-0.25, -0.2) is 18.2 Å². The lowest BCUT2D eigenvalue weighted by Crippen LogP contribution is -2.46. The zero-order valence-corrected chi connectivity index (χ0v) is 21.3. The van der Waals surface area contributed by atoms with Gasteiger partial charge in [-0.15, -0.1) is 12.4 Å². The highest BCUT2D eigenvalue weighted by molar-refractivity contribution is 6.30. The minimum atomic E-state index is -1.29. The van der Waals surface area contributed by atoms with Gasteiger partial charge in [0.2, 0.25) is 5.95 Å². The molecule has 4 rings (SSSR count). The number of nitrogens with zero attached hydrogens (tertiary/aromatic N) is 5. The summed E-state index contributed by atoms with van der Waals surface area (Å²) in [6.07, 6.45) is 0.209. The van der Waals surface area contributed by atoms with Crippen molar-refractivity contribution in [1.29, 1.82) is 0 Å². The summed E-state index contributed by atoms with van der Waals surface area (Å²) in [4.78, 5) is 34.2. The summed E-state index contributed by atoms with van der Waals surface area (Å²) in [5.74, 6) is -4.27. The first-order chi connectivity index (χ1) is 16.6. The zero-order chi connectivity index (χ0) is 25.4. The van der Waals surface area contributed by atoms with Gasteiger partial charge in [-0.2, -0.15) is 4.68 Å². The molecule has 0 aliphatic carbocycles. The van der Waals surface area contributed by atoms with Crippen molar-refractivity contribution in [2.45, 2.75) is 19.9 Å². The van der Waals surface area contributed by atoms with E-state index >= 15 is 0 Å². The number of aromatic nitrogens is 2. The first-order valence-electron chi connectivity index (χ1n) is 10.9. The van der Waals surface area contributed by atoms with E-state index in [9.17, 15) is 22.8 Å². The third-order valence-corrected chi connectivity index (χ3v) is 6.05. The molecule has 0 saturated heterocycles. The molecule has 0 fully saturated rings. The molecule has 2 aromatic carbocycles. The summed E-state index contributed by atoms with van der Waals surface area (Å²) >= 11 is 6.02. The van der Waals surface area contributed by atoms with Gasteiger partial charge in [0, 0.05) is 56.4 Å². The van der Waals surface area contributed by atoms with Crippen LogP contribution in [0.3, 0.4) is 0 Å². The molecule has 0 bridgehead atoms. The highest BCUT2D eigenvalue weighted by Crippen LogP contribution is 2.27. The number of carbonyl (C=O) groups excluding carboxylic acids is 1. The van der Waals surface area contributed by atoms with Crippen LogP contribution in [0.4, 0.5) is 24.8 Å². The van der Waals surface area contributed by atoms with Crippen molar-refractivity contribution in [2.75, 3.05) is 37.1 Å². The Hall–Kier alpha value is -3.24. The predicted octanol–water partition coefficient (Wildman–Crippen LogP) is 4.29. The molecule has 12 heteroatoms. The molecule has 2 heterocycles. The molecule has 0 spiro atoms. The lowest BCUT2D eigenvalue weighted by Gasteiger charge is -2.33. The standard InChI is InChI=1S/C24H23ClF3N5O2.ClH/c1-4-32(16-7-5-14(25)6-8-16)24-29-20-9-10-31(13-17(20)22(34)33(24)30(2)3)23(35)21-18(27)11-15(26)12-19(21)28;/h5-8,11-12H,4,9-10,13H2,1-3H3;1H. The number of benzene rings is 2. The lowest BCUT2D eigenvalue weighted by molar-refractivity contribution is 0.0722. The van der Waals surface area contributed by atoms with Gasteiger partial charge >= 0.3 is 0 Å². The Kier molecular flexibility index (Phi) is 8.20. The fourth-order valence-corrected chi connectivity index (χ4v) is 4.25. The Balaban J connectivity index is 0.00000361. The second-order valence-corrected chi connectivity index (χ2v) is 8.68. The number of rotatable bonds is 5. The van der Waals surface area contributed by atoms with Crippen LogP contribution in [0, 0.1) is 17.5 Å². The molecule has 0 saturated carbocycles. The molecule has 0 N–H and O–H groups in total. The molecular formula is C24H24Cl2F3N5O2. The molecule has 1 amide bonds. The minimum Gasteiger partial charge on any atom is -0.333 e. The van der Waals surface area contributed by atoms with E-state index in [1.165, 1.54) is 9.58 Å².